The minimum atomic E-state index is -0.135. The molecule has 1 saturated heterocycles. The number of halogens is 1. The Morgan fingerprint density at radius 2 is 1.92 bits per heavy atom. The van der Waals surface area contributed by atoms with Crippen LogP contribution in [0, 0.1) is 0 Å². The second-order valence-corrected chi connectivity index (χ2v) is 10.1. The molecule has 0 spiro atoms. The van der Waals surface area contributed by atoms with Gasteiger partial charge in [0, 0.05) is 31.7 Å². The first-order chi connectivity index (χ1) is 18.1. The minimum absolute atomic E-state index is 0.135. The van der Waals surface area contributed by atoms with E-state index in [1.54, 1.807) is 6.07 Å². The third-order valence-electron chi connectivity index (χ3n) is 6.25. The molecular formula is C28H28ClN5O2S. The lowest BCUT2D eigenvalue weighted by Gasteiger charge is -2.29. The number of morpholine rings is 1. The van der Waals surface area contributed by atoms with Crippen LogP contribution in [0.3, 0.4) is 0 Å². The highest BCUT2D eigenvalue weighted by molar-refractivity contribution is 7.99. The van der Waals surface area contributed by atoms with Gasteiger partial charge in [-0.05, 0) is 34.5 Å². The number of hydrogen-bond acceptors (Lipinski definition) is 6. The van der Waals surface area contributed by atoms with Gasteiger partial charge in [-0.1, -0.05) is 71.9 Å². The van der Waals surface area contributed by atoms with E-state index >= 15 is 0 Å². The summed E-state index contributed by atoms with van der Waals surface area (Å²) in [5, 5.41) is 15.4. The van der Waals surface area contributed by atoms with Crippen molar-refractivity contribution < 1.29 is 9.53 Å². The molecule has 0 atom stereocenters. The maximum Gasteiger partial charge on any atom is 0.234 e. The van der Waals surface area contributed by atoms with Gasteiger partial charge < -0.3 is 19.5 Å². The number of nitrogens with zero attached hydrogens (tertiary/aromatic N) is 4. The highest BCUT2D eigenvalue weighted by Gasteiger charge is 2.17. The Balaban J connectivity index is 1.24. The molecule has 5 rings (SSSR count). The average Bonchev–Trinajstić information content (AvgIpc) is 3.29. The standard InChI is InChI=1S/C28H28ClN5O2S/c1-2-12-34-26(17-21-8-5-7-20-6-3-4-9-23(20)21)31-32-28(34)37-19-27(35)30-22-10-11-25(24(29)18-22)33-13-15-36-16-14-33/h2-11,18H,1,12-17,19H2,(H,30,35). The summed E-state index contributed by atoms with van der Waals surface area (Å²) in [6, 6.07) is 20.2. The number of carbonyl (C=O) groups is 1. The van der Waals surface area contributed by atoms with Crippen LogP contribution in [0.4, 0.5) is 11.4 Å². The summed E-state index contributed by atoms with van der Waals surface area (Å²) in [7, 11) is 0. The van der Waals surface area contributed by atoms with Gasteiger partial charge in [-0.15, -0.1) is 16.8 Å². The number of amides is 1. The lowest BCUT2D eigenvalue weighted by atomic mass is 10.0. The van der Waals surface area contributed by atoms with Crippen molar-refractivity contribution in [3.05, 3.63) is 89.7 Å². The monoisotopic (exact) mass is 533 g/mol. The molecule has 0 radical (unpaired) electrons. The molecule has 0 aliphatic carbocycles. The number of ether oxygens (including phenoxy) is 1. The molecule has 0 saturated carbocycles. The Morgan fingerprint density at radius 3 is 2.73 bits per heavy atom. The highest BCUT2D eigenvalue weighted by Crippen LogP contribution is 2.30. The second-order valence-electron chi connectivity index (χ2n) is 8.72. The Bertz CT molecular complexity index is 1410. The summed E-state index contributed by atoms with van der Waals surface area (Å²) in [6.45, 7) is 7.43. The fraction of sp³-hybridized carbons (Fsp3) is 0.250. The molecule has 9 heteroatoms. The van der Waals surface area contributed by atoms with Crippen LogP contribution >= 0.6 is 23.4 Å². The van der Waals surface area contributed by atoms with Crippen molar-refractivity contribution in [1.82, 2.24) is 14.8 Å². The third-order valence-corrected chi connectivity index (χ3v) is 7.52. The number of anilines is 2. The zero-order chi connectivity index (χ0) is 25.6. The maximum atomic E-state index is 12.7. The third kappa shape index (κ3) is 5.98. The molecule has 2 heterocycles. The van der Waals surface area contributed by atoms with E-state index in [4.69, 9.17) is 16.3 Å². The lowest BCUT2D eigenvalue weighted by Crippen LogP contribution is -2.36. The number of thioether (sulfide) groups is 1. The first kappa shape index (κ1) is 25.3. The summed E-state index contributed by atoms with van der Waals surface area (Å²) < 4.78 is 7.43. The summed E-state index contributed by atoms with van der Waals surface area (Å²) in [5.74, 6) is 0.903. The fourth-order valence-electron chi connectivity index (χ4n) is 4.46. The molecule has 3 aromatic carbocycles. The van der Waals surface area contributed by atoms with Crippen molar-refractivity contribution in [2.45, 2.75) is 18.1 Å². The smallest absolute Gasteiger partial charge is 0.234 e. The van der Waals surface area contributed by atoms with Crippen LogP contribution in [0.25, 0.3) is 10.8 Å². The molecule has 4 aromatic rings. The van der Waals surface area contributed by atoms with Gasteiger partial charge in [-0.2, -0.15) is 0 Å². The van der Waals surface area contributed by atoms with E-state index in [2.05, 4.69) is 57.3 Å². The van der Waals surface area contributed by atoms with Crippen molar-refractivity contribution in [1.29, 1.82) is 0 Å². The molecule has 7 nitrogen and oxygen atoms in total. The van der Waals surface area contributed by atoms with E-state index in [9.17, 15) is 4.79 Å². The van der Waals surface area contributed by atoms with Crippen LogP contribution in [0.1, 0.15) is 11.4 Å². The van der Waals surface area contributed by atoms with Crippen molar-refractivity contribution in [2.24, 2.45) is 0 Å². The van der Waals surface area contributed by atoms with Crippen LogP contribution < -0.4 is 10.2 Å². The van der Waals surface area contributed by atoms with Gasteiger partial charge in [-0.25, -0.2) is 0 Å². The van der Waals surface area contributed by atoms with Gasteiger partial charge in [0.2, 0.25) is 5.91 Å². The fourth-order valence-corrected chi connectivity index (χ4v) is 5.53. The first-order valence-electron chi connectivity index (χ1n) is 12.2. The molecule has 37 heavy (non-hydrogen) atoms. The van der Waals surface area contributed by atoms with E-state index in [0.717, 1.165) is 24.6 Å². The molecule has 0 unspecified atom stereocenters. The molecule has 1 amide bonds. The Labute approximate surface area is 225 Å². The predicted molar refractivity (Wildman–Crippen MR) is 151 cm³/mol. The van der Waals surface area contributed by atoms with Gasteiger partial charge >= 0.3 is 0 Å². The summed E-state index contributed by atoms with van der Waals surface area (Å²) in [5.41, 5.74) is 2.80. The molecule has 1 aromatic heterocycles. The number of aromatic nitrogens is 3. The van der Waals surface area contributed by atoms with Crippen LogP contribution in [0.15, 0.2) is 78.5 Å². The van der Waals surface area contributed by atoms with Gasteiger partial charge in [0.15, 0.2) is 5.16 Å². The largest absolute Gasteiger partial charge is 0.378 e. The number of nitrogens with one attached hydrogen (secondary N) is 1. The maximum absolute atomic E-state index is 12.7. The highest BCUT2D eigenvalue weighted by atomic mass is 35.5. The van der Waals surface area contributed by atoms with Crippen molar-refractivity contribution >= 4 is 51.4 Å². The Kier molecular flexibility index (Phi) is 8.08. The zero-order valence-corrected chi connectivity index (χ0v) is 22.0. The van der Waals surface area contributed by atoms with E-state index in [1.807, 2.05) is 34.9 Å². The molecular weight excluding hydrogens is 506 g/mol. The number of allylic oxidation sites excluding steroid dienone is 1. The normalized spacial score (nSPS) is 13.6. The van der Waals surface area contributed by atoms with Crippen molar-refractivity contribution in [2.75, 3.05) is 42.3 Å². The molecule has 190 valence electrons. The minimum Gasteiger partial charge on any atom is -0.378 e. The summed E-state index contributed by atoms with van der Waals surface area (Å²) in [6.07, 6.45) is 2.46. The number of fused-ring (bicyclic) bond motifs is 1. The van der Waals surface area contributed by atoms with Crippen LogP contribution in [-0.2, 0) is 22.5 Å². The van der Waals surface area contributed by atoms with Gasteiger partial charge in [-0.3, -0.25) is 4.79 Å². The SMILES string of the molecule is C=CCn1c(Cc2cccc3ccccc23)nnc1SCC(=O)Nc1ccc(N2CCOCC2)c(Cl)c1. The van der Waals surface area contributed by atoms with E-state index in [1.165, 1.54) is 28.1 Å². The van der Waals surface area contributed by atoms with Crippen LogP contribution in [0.2, 0.25) is 5.02 Å². The molecule has 1 aliphatic heterocycles. The first-order valence-corrected chi connectivity index (χ1v) is 13.5. The topological polar surface area (TPSA) is 72.3 Å². The van der Waals surface area contributed by atoms with E-state index in [-0.39, 0.29) is 11.7 Å². The zero-order valence-electron chi connectivity index (χ0n) is 20.4. The quantitative estimate of drug-likeness (QED) is 0.228. The van der Waals surface area contributed by atoms with Crippen molar-refractivity contribution in [3.63, 3.8) is 0 Å². The number of rotatable bonds is 9. The Hall–Kier alpha value is -3.33. The van der Waals surface area contributed by atoms with Gasteiger partial charge in [0.05, 0.1) is 29.7 Å². The van der Waals surface area contributed by atoms with E-state index in [0.29, 0.717) is 42.0 Å². The van der Waals surface area contributed by atoms with Gasteiger partial charge in [0.25, 0.3) is 0 Å². The molecule has 1 aliphatic rings. The molecule has 0 bridgehead atoms. The number of hydrogen-bond donors (Lipinski definition) is 1. The average molecular weight is 534 g/mol. The van der Waals surface area contributed by atoms with E-state index < -0.39 is 0 Å². The lowest BCUT2D eigenvalue weighted by molar-refractivity contribution is -0.113. The molecule has 1 N–H and O–H groups in total. The summed E-state index contributed by atoms with van der Waals surface area (Å²) in [4.78, 5) is 14.9. The predicted octanol–water partition coefficient (Wildman–Crippen LogP) is 5.43. The van der Waals surface area contributed by atoms with Crippen molar-refractivity contribution in [3.8, 4) is 0 Å². The summed E-state index contributed by atoms with van der Waals surface area (Å²) >= 11 is 7.86. The van der Waals surface area contributed by atoms with Gasteiger partial charge in [0.1, 0.15) is 5.82 Å². The number of benzene rings is 3. The second kappa shape index (κ2) is 11.8. The number of carbonyl (C=O) groups excluding carboxylic acids is 1. The van der Waals surface area contributed by atoms with Crippen LogP contribution in [0.5, 0.6) is 0 Å². The Morgan fingerprint density at radius 1 is 1.11 bits per heavy atom. The molecule has 1 fully saturated rings. The van der Waals surface area contributed by atoms with Crippen LogP contribution in [-0.4, -0.2) is 52.7 Å².